The molecule has 0 bridgehead atoms. The van der Waals surface area contributed by atoms with Crippen LogP contribution >= 0.6 is 11.6 Å². The fourth-order valence-electron chi connectivity index (χ4n) is 4.20. The van der Waals surface area contributed by atoms with Crippen LogP contribution in [0.4, 0.5) is 0 Å². The molecule has 1 aliphatic heterocycles. The molecule has 3 aromatic rings. The average molecular weight is 465 g/mol. The Morgan fingerprint density at radius 2 is 1.70 bits per heavy atom. The molecule has 6 nitrogen and oxygen atoms in total. The van der Waals surface area contributed by atoms with Gasteiger partial charge in [-0.2, -0.15) is 0 Å². The molecule has 33 heavy (non-hydrogen) atoms. The van der Waals surface area contributed by atoms with Crippen molar-refractivity contribution in [3.05, 3.63) is 76.9 Å². The van der Waals surface area contributed by atoms with Gasteiger partial charge in [0.15, 0.2) is 0 Å². The summed E-state index contributed by atoms with van der Waals surface area (Å²) in [6.07, 6.45) is 1.83. The molecule has 172 valence electrons. The number of hydrogen-bond acceptors (Lipinski definition) is 4. The van der Waals surface area contributed by atoms with E-state index < -0.39 is 6.04 Å². The van der Waals surface area contributed by atoms with Crippen LogP contribution in [0.25, 0.3) is 10.9 Å². The zero-order valence-electron chi connectivity index (χ0n) is 19.0. The molecule has 1 atom stereocenters. The van der Waals surface area contributed by atoms with E-state index in [4.69, 9.17) is 11.6 Å². The van der Waals surface area contributed by atoms with Crippen molar-refractivity contribution in [1.29, 1.82) is 0 Å². The fourth-order valence-corrected chi connectivity index (χ4v) is 4.32. The minimum Gasteiger partial charge on any atom is -0.340 e. The number of pyridine rings is 1. The predicted octanol–water partition coefficient (Wildman–Crippen LogP) is 3.99. The van der Waals surface area contributed by atoms with Crippen LogP contribution in [0.2, 0.25) is 5.02 Å². The standard InChI is InChI=1S/C26H29ClN4O2/c1-18(2)23(29-25(32)20-8-10-22(27)11-9-20)26(33)31-15-13-30(14-16-31)17-21-6-3-5-19-7-4-12-28-24(19)21/h3-12,18,23H,13-17H2,1-2H3,(H,29,32). The third kappa shape index (κ3) is 5.52. The summed E-state index contributed by atoms with van der Waals surface area (Å²) in [6.45, 7) is 7.55. The van der Waals surface area contributed by atoms with E-state index >= 15 is 0 Å². The Hall–Kier alpha value is -2.96. The number of halogens is 1. The predicted molar refractivity (Wildman–Crippen MR) is 131 cm³/mol. The second-order valence-corrected chi connectivity index (χ2v) is 9.23. The van der Waals surface area contributed by atoms with Crippen LogP contribution in [-0.2, 0) is 11.3 Å². The van der Waals surface area contributed by atoms with Crippen LogP contribution in [0.5, 0.6) is 0 Å². The molecule has 2 heterocycles. The lowest BCUT2D eigenvalue weighted by Crippen LogP contribution is -2.56. The molecule has 4 rings (SSSR count). The first-order chi connectivity index (χ1) is 15.9. The molecule has 1 N–H and O–H groups in total. The van der Waals surface area contributed by atoms with E-state index in [1.165, 1.54) is 5.56 Å². The number of fused-ring (bicyclic) bond motifs is 1. The zero-order chi connectivity index (χ0) is 23.4. The summed E-state index contributed by atoms with van der Waals surface area (Å²) in [4.78, 5) is 34.7. The van der Waals surface area contributed by atoms with E-state index in [1.54, 1.807) is 24.3 Å². The third-order valence-corrected chi connectivity index (χ3v) is 6.37. The Morgan fingerprint density at radius 3 is 2.39 bits per heavy atom. The monoisotopic (exact) mass is 464 g/mol. The van der Waals surface area contributed by atoms with E-state index in [0.29, 0.717) is 23.7 Å². The molecule has 1 saturated heterocycles. The minimum absolute atomic E-state index is 0.0199. The second-order valence-electron chi connectivity index (χ2n) is 8.80. The van der Waals surface area contributed by atoms with Crippen molar-refractivity contribution in [2.75, 3.05) is 26.2 Å². The highest BCUT2D eigenvalue weighted by atomic mass is 35.5. The molecule has 2 aromatic carbocycles. The van der Waals surface area contributed by atoms with Gasteiger partial charge in [0, 0.05) is 54.9 Å². The topological polar surface area (TPSA) is 65.5 Å². The number of nitrogens with one attached hydrogen (secondary N) is 1. The molecule has 2 amide bonds. The van der Waals surface area contributed by atoms with Gasteiger partial charge in [0.05, 0.1) is 5.52 Å². The number of carbonyl (C=O) groups is 2. The van der Waals surface area contributed by atoms with E-state index in [1.807, 2.05) is 31.0 Å². The molecule has 0 aliphatic carbocycles. The summed E-state index contributed by atoms with van der Waals surface area (Å²) in [6, 6.07) is 16.4. The molecule has 0 saturated carbocycles. The van der Waals surface area contributed by atoms with E-state index in [2.05, 4.69) is 39.5 Å². The number of amides is 2. The highest BCUT2D eigenvalue weighted by Crippen LogP contribution is 2.19. The van der Waals surface area contributed by atoms with Crippen molar-refractivity contribution in [2.24, 2.45) is 5.92 Å². The number of hydrogen-bond donors (Lipinski definition) is 1. The molecule has 0 spiro atoms. The van der Waals surface area contributed by atoms with Crippen LogP contribution in [-0.4, -0.2) is 58.8 Å². The van der Waals surface area contributed by atoms with Gasteiger partial charge in [0.2, 0.25) is 5.91 Å². The smallest absolute Gasteiger partial charge is 0.251 e. The van der Waals surface area contributed by atoms with Crippen LogP contribution in [0.3, 0.4) is 0 Å². The lowest BCUT2D eigenvalue weighted by atomic mass is 10.0. The molecular formula is C26H29ClN4O2. The van der Waals surface area contributed by atoms with Crippen molar-refractivity contribution >= 4 is 34.3 Å². The maximum atomic E-state index is 13.3. The van der Waals surface area contributed by atoms with Gasteiger partial charge in [0.1, 0.15) is 6.04 Å². The van der Waals surface area contributed by atoms with Crippen molar-refractivity contribution in [3.8, 4) is 0 Å². The highest BCUT2D eigenvalue weighted by molar-refractivity contribution is 6.30. The highest BCUT2D eigenvalue weighted by Gasteiger charge is 2.31. The number of benzene rings is 2. The SMILES string of the molecule is CC(C)C(NC(=O)c1ccc(Cl)cc1)C(=O)N1CCN(Cc2cccc3cccnc23)CC1. The normalized spacial score (nSPS) is 15.6. The lowest BCUT2D eigenvalue weighted by Gasteiger charge is -2.37. The maximum Gasteiger partial charge on any atom is 0.251 e. The molecule has 1 fully saturated rings. The van der Waals surface area contributed by atoms with Crippen molar-refractivity contribution in [3.63, 3.8) is 0 Å². The first kappa shape index (κ1) is 23.2. The molecule has 1 unspecified atom stereocenters. The van der Waals surface area contributed by atoms with Gasteiger partial charge in [0.25, 0.3) is 5.91 Å². The largest absolute Gasteiger partial charge is 0.340 e. The summed E-state index contributed by atoms with van der Waals surface area (Å²) in [5, 5.41) is 4.63. The Kier molecular flexibility index (Phi) is 7.26. The molecular weight excluding hydrogens is 436 g/mol. The Labute approximate surface area is 199 Å². The molecule has 1 aliphatic rings. The first-order valence-corrected chi connectivity index (χ1v) is 11.7. The zero-order valence-corrected chi connectivity index (χ0v) is 19.8. The lowest BCUT2D eigenvalue weighted by molar-refractivity contribution is -0.136. The number of nitrogens with zero attached hydrogens (tertiary/aromatic N) is 3. The van der Waals surface area contributed by atoms with Crippen LogP contribution in [0.15, 0.2) is 60.8 Å². The number of carbonyl (C=O) groups excluding carboxylic acids is 2. The van der Waals surface area contributed by atoms with Gasteiger partial charge in [-0.25, -0.2) is 0 Å². The Bertz CT molecular complexity index is 1120. The van der Waals surface area contributed by atoms with Gasteiger partial charge < -0.3 is 10.2 Å². The van der Waals surface area contributed by atoms with Gasteiger partial charge in [-0.05, 0) is 41.8 Å². The third-order valence-electron chi connectivity index (χ3n) is 6.12. The maximum absolute atomic E-state index is 13.3. The van der Waals surface area contributed by atoms with Crippen LogP contribution < -0.4 is 5.32 Å². The number of para-hydroxylation sites is 1. The summed E-state index contributed by atoms with van der Waals surface area (Å²) < 4.78 is 0. The second kappa shape index (κ2) is 10.3. The average Bonchev–Trinajstić information content (AvgIpc) is 2.83. The van der Waals surface area contributed by atoms with Crippen LogP contribution in [0, 0.1) is 5.92 Å². The van der Waals surface area contributed by atoms with Gasteiger partial charge in [-0.15, -0.1) is 0 Å². The van der Waals surface area contributed by atoms with Crippen LogP contribution in [0.1, 0.15) is 29.8 Å². The molecule has 0 radical (unpaired) electrons. The first-order valence-electron chi connectivity index (χ1n) is 11.3. The van der Waals surface area contributed by atoms with Crippen molar-refractivity contribution < 1.29 is 9.59 Å². The summed E-state index contributed by atoms with van der Waals surface area (Å²) in [5.41, 5.74) is 2.72. The number of piperazine rings is 1. The Morgan fingerprint density at radius 1 is 1.00 bits per heavy atom. The summed E-state index contributed by atoms with van der Waals surface area (Å²) in [5.74, 6) is -0.312. The van der Waals surface area contributed by atoms with E-state index in [0.717, 1.165) is 30.5 Å². The van der Waals surface area contributed by atoms with Gasteiger partial charge in [-0.1, -0.05) is 49.7 Å². The molecule has 1 aromatic heterocycles. The van der Waals surface area contributed by atoms with Crippen molar-refractivity contribution in [1.82, 2.24) is 20.1 Å². The number of rotatable bonds is 6. The Balaban J connectivity index is 1.36. The number of aromatic nitrogens is 1. The minimum atomic E-state index is -0.568. The fraction of sp³-hybridized carbons (Fsp3) is 0.346. The van der Waals surface area contributed by atoms with E-state index in [9.17, 15) is 9.59 Å². The van der Waals surface area contributed by atoms with Gasteiger partial charge >= 0.3 is 0 Å². The summed E-state index contributed by atoms with van der Waals surface area (Å²) >= 11 is 5.92. The van der Waals surface area contributed by atoms with Gasteiger partial charge in [-0.3, -0.25) is 19.5 Å². The quantitative estimate of drug-likeness (QED) is 0.599. The van der Waals surface area contributed by atoms with Crippen molar-refractivity contribution in [2.45, 2.75) is 26.4 Å². The summed E-state index contributed by atoms with van der Waals surface area (Å²) in [7, 11) is 0. The van der Waals surface area contributed by atoms with E-state index in [-0.39, 0.29) is 17.7 Å². The molecule has 7 heteroatoms.